The van der Waals surface area contributed by atoms with Crippen molar-refractivity contribution in [3.63, 3.8) is 0 Å². The summed E-state index contributed by atoms with van der Waals surface area (Å²) in [7, 11) is 0. The normalized spacial score (nSPS) is 15.7. The van der Waals surface area contributed by atoms with E-state index < -0.39 is 12.0 Å². The lowest BCUT2D eigenvalue weighted by Crippen LogP contribution is -2.29. The number of Topliss-reactive ketones (excluding diaryl/α,β-unsaturated/α-hetero) is 1. The number of ketones is 1. The Bertz CT molecular complexity index is 1270. The monoisotopic (exact) mass is 413 g/mol. The Labute approximate surface area is 176 Å². The van der Waals surface area contributed by atoms with Crippen LogP contribution in [-0.2, 0) is 11.2 Å². The van der Waals surface area contributed by atoms with E-state index in [1.807, 2.05) is 54.6 Å². The zero-order chi connectivity index (χ0) is 21.2. The fourth-order valence-corrected chi connectivity index (χ4v) is 3.40. The number of carbonyl (C=O) groups is 1. The maximum absolute atomic E-state index is 13.1. The number of nitrogens with zero attached hydrogens (tertiary/aromatic N) is 4. The maximum atomic E-state index is 13.1. The van der Waals surface area contributed by atoms with E-state index in [-0.39, 0.29) is 24.1 Å². The average Bonchev–Trinajstić information content (AvgIpc) is 3.21. The first-order valence-corrected chi connectivity index (χ1v) is 9.63. The van der Waals surface area contributed by atoms with Crippen LogP contribution < -0.4 is 5.32 Å². The predicted octanol–water partition coefficient (Wildman–Crippen LogP) is 3.67. The molecule has 5 rings (SSSR count). The Morgan fingerprint density at radius 1 is 0.968 bits per heavy atom. The molecule has 8 heteroatoms. The van der Waals surface area contributed by atoms with Gasteiger partial charge in [0.2, 0.25) is 0 Å². The van der Waals surface area contributed by atoms with Gasteiger partial charge in [0, 0.05) is 17.5 Å². The molecule has 0 saturated carbocycles. The average molecular weight is 413 g/mol. The van der Waals surface area contributed by atoms with Crippen molar-refractivity contribution in [2.75, 3.05) is 5.32 Å². The van der Waals surface area contributed by atoms with Crippen LogP contribution in [0.2, 0.25) is 0 Å². The zero-order valence-corrected chi connectivity index (χ0v) is 16.2. The SMILES string of the molecule is O=C1Cc2ccccc2C(c2ccccc2)=N[C@@H]1Nc1nnc(-c2ccc(F)cn2)o1. The maximum Gasteiger partial charge on any atom is 0.317 e. The van der Waals surface area contributed by atoms with Crippen LogP contribution in [0.25, 0.3) is 11.6 Å². The van der Waals surface area contributed by atoms with Gasteiger partial charge in [-0.1, -0.05) is 59.7 Å². The van der Waals surface area contributed by atoms with Crippen LogP contribution in [0.15, 0.2) is 82.3 Å². The molecule has 0 spiro atoms. The third kappa shape index (κ3) is 3.83. The largest absolute Gasteiger partial charge is 0.402 e. The summed E-state index contributed by atoms with van der Waals surface area (Å²) in [6.45, 7) is 0. The Kier molecular flexibility index (Phi) is 4.80. The van der Waals surface area contributed by atoms with Crippen molar-refractivity contribution >= 4 is 17.5 Å². The van der Waals surface area contributed by atoms with Crippen molar-refractivity contribution in [2.24, 2.45) is 4.99 Å². The Balaban J connectivity index is 1.49. The molecule has 0 aliphatic carbocycles. The van der Waals surface area contributed by atoms with Gasteiger partial charge < -0.3 is 9.73 Å². The summed E-state index contributed by atoms with van der Waals surface area (Å²) in [4.78, 5) is 21.6. The van der Waals surface area contributed by atoms with Crippen LogP contribution in [0.3, 0.4) is 0 Å². The number of rotatable bonds is 4. The first-order chi connectivity index (χ1) is 15.2. The molecule has 0 fully saturated rings. The van der Waals surface area contributed by atoms with Gasteiger partial charge in [-0.2, -0.15) is 0 Å². The molecule has 0 saturated heterocycles. The summed E-state index contributed by atoms with van der Waals surface area (Å²) >= 11 is 0. The van der Waals surface area contributed by atoms with Gasteiger partial charge in [0.05, 0.1) is 11.9 Å². The third-order valence-electron chi connectivity index (χ3n) is 4.88. The van der Waals surface area contributed by atoms with E-state index >= 15 is 0 Å². The lowest BCUT2D eigenvalue weighted by atomic mass is 9.96. The molecular formula is C23H16FN5O2. The second kappa shape index (κ2) is 7.91. The minimum absolute atomic E-state index is 0.0293. The standard InChI is InChI=1S/C23H16FN5O2/c24-16-10-11-18(25-13-16)22-28-29-23(31-22)27-21-19(30)12-15-8-4-5-9-17(15)20(26-21)14-6-2-1-3-7-14/h1-11,13,21H,12H2,(H,27,29)/t21-/m1/s1. The van der Waals surface area contributed by atoms with Crippen LogP contribution in [0, 0.1) is 5.82 Å². The van der Waals surface area contributed by atoms with Crippen molar-refractivity contribution in [3.8, 4) is 11.6 Å². The molecule has 1 N–H and O–H groups in total. The number of hydrogen-bond acceptors (Lipinski definition) is 7. The molecule has 2 aromatic heterocycles. The number of pyridine rings is 1. The molecule has 0 bridgehead atoms. The summed E-state index contributed by atoms with van der Waals surface area (Å²) in [6.07, 6.45) is 0.376. The van der Waals surface area contributed by atoms with Crippen LogP contribution in [0.4, 0.5) is 10.4 Å². The van der Waals surface area contributed by atoms with Gasteiger partial charge in [-0.3, -0.25) is 9.79 Å². The summed E-state index contributed by atoms with van der Waals surface area (Å²) < 4.78 is 18.7. The second-order valence-corrected chi connectivity index (χ2v) is 6.96. The molecule has 0 amide bonds. The summed E-state index contributed by atoms with van der Waals surface area (Å²) in [6, 6.07) is 20.1. The number of fused-ring (bicyclic) bond motifs is 1. The Hall–Kier alpha value is -4.20. The molecule has 7 nitrogen and oxygen atoms in total. The van der Waals surface area contributed by atoms with Gasteiger partial charge in [-0.05, 0) is 17.7 Å². The number of nitrogens with one attached hydrogen (secondary N) is 1. The van der Waals surface area contributed by atoms with Gasteiger partial charge in [0.1, 0.15) is 11.5 Å². The number of carbonyl (C=O) groups excluding carboxylic acids is 1. The molecule has 1 aliphatic rings. The number of anilines is 1. The highest BCUT2D eigenvalue weighted by Crippen LogP contribution is 2.23. The van der Waals surface area contributed by atoms with E-state index in [2.05, 4.69) is 20.5 Å². The quantitative estimate of drug-likeness (QED) is 0.549. The van der Waals surface area contributed by atoms with E-state index in [4.69, 9.17) is 9.41 Å². The van der Waals surface area contributed by atoms with E-state index in [9.17, 15) is 9.18 Å². The van der Waals surface area contributed by atoms with E-state index in [0.717, 1.165) is 22.9 Å². The van der Waals surface area contributed by atoms with Gasteiger partial charge >= 0.3 is 6.01 Å². The first-order valence-electron chi connectivity index (χ1n) is 9.63. The molecule has 0 radical (unpaired) electrons. The minimum Gasteiger partial charge on any atom is -0.402 e. The molecule has 2 aromatic carbocycles. The topological polar surface area (TPSA) is 93.3 Å². The van der Waals surface area contributed by atoms with Crippen LogP contribution >= 0.6 is 0 Å². The Morgan fingerprint density at radius 2 is 1.77 bits per heavy atom. The first kappa shape index (κ1) is 18.8. The molecule has 0 unspecified atom stereocenters. The van der Waals surface area contributed by atoms with Crippen molar-refractivity contribution in [1.82, 2.24) is 15.2 Å². The lowest BCUT2D eigenvalue weighted by molar-refractivity contribution is -0.119. The highest BCUT2D eigenvalue weighted by molar-refractivity contribution is 6.16. The van der Waals surface area contributed by atoms with Crippen LogP contribution in [-0.4, -0.2) is 32.8 Å². The van der Waals surface area contributed by atoms with Crippen LogP contribution in [0.1, 0.15) is 16.7 Å². The number of aliphatic imine (C=N–C) groups is 1. The van der Waals surface area contributed by atoms with Crippen molar-refractivity contribution < 1.29 is 13.6 Å². The predicted molar refractivity (Wildman–Crippen MR) is 112 cm³/mol. The molecule has 152 valence electrons. The summed E-state index contributed by atoms with van der Waals surface area (Å²) in [5, 5.41) is 10.8. The smallest absolute Gasteiger partial charge is 0.317 e. The number of halogens is 1. The van der Waals surface area contributed by atoms with Crippen molar-refractivity contribution in [2.45, 2.75) is 12.6 Å². The molecule has 1 aliphatic heterocycles. The van der Waals surface area contributed by atoms with Crippen molar-refractivity contribution in [3.05, 3.63) is 95.4 Å². The third-order valence-corrected chi connectivity index (χ3v) is 4.88. The van der Waals surface area contributed by atoms with E-state index in [1.165, 1.54) is 12.1 Å². The minimum atomic E-state index is -0.905. The van der Waals surface area contributed by atoms with Gasteiger partial charge in [-0.15, -0.1) is 5.10 Å². The van der Waals surface area contributed by atoms with E-state index in [1.54, 1.807) is 0 Å². The molecule has 1 atom stereocenters. The molecule has 3 heterocycles. The molecule has 4 aromatic rings. The van der Waals surface area contributed by atoms with Crippen LogP contribution in [0.5, 0.6) is 0 Å². The lowest BCUT2D eigenvalue weighted by Gasteiger charge is -2.11. The number of benzene rings is 2. The summed E-state index contributed by atoms with van der Waals surface area (Å²) in [5.41, 5.74) is 3.75. The number of aromatic nitrogens is 3. The van der Waals surface area contributed by atoms with E-state index in [0.29, 0.717) is 11.4 Å². The van der Waals surface area contributed by atoms with Gasteiger partial charge in [-0.25, -0.2) is 9.37 Å². The Morgan fingerprint density at radius 3 is 2.58 bits per heavy atom. The highest BCUT2D eigenvalue weighted by atomic mass is 19.1. The molecular weight excluding hydrogens is 397 g/mol. The highest BCUT2D eigenvalue weighted by Gasteiger charge is 2.27. The fourth-order valence-electron chi connectivity index (χ4n) is 3.40. The van der Waals surface area contributed by atoms with Crippen molar-refractivity contribution in [1.29, 1.82) is 0 Å². The molecule has 31 heavy (non-hydrogen) atoms. The van der Waals surface area contributed by atoms with Gasteiger partial charge in [0.15, 0.2) is 11.9 Å². The second-order valence-electron chi connectivity index (χ2n) is 6.96. The van der Waals surface area contributed by atoms with Gasteiger partial charge in [0.25, 0.3) is 5.89 Å². The summed E-state index contributed by atoms with van der Waals surface area (Å²) in [5.74, 6) is -0.481. The fraction of sp³-hybridized carbons (Fsp3) is 0.0870. The zero-order valence-electron chi connectivity index (χ0n) is 16.2. The number of hydrogen-bond donors (Lipinski definition) is 1.